The second kappa shape index (κ2) is 8.64. The minimum absolute atomic E-state index is 0.177. The summed E-state index contributed by atoms with van der Waals surface area (Å²) in [5.41, 5.74) is 1.20. The number of carbonyl (C=O) groups is 1. The monoisotopic (exact) mass is 294 g/mol. The van der Waals surface area contributed by atoms with Gasteiger partial charge in [-0.1, -0.05) is 19.1 Å². The van der Waals surface area contributed by atoms with Crippen molar-refractivity contribution in [2.24, 2.45) is 0 Å². The van der Waals surface area contributed by atoms with Gasteiger partial charge in [-0.05, 0) is 38.3 Å². The minimum Gasteiger partial charge on any atom is -0.497 e. The molecule has 1 aromatic carbocycles. The molecule has 0 aliphatic carbocycles. The summed E-state index contributed by atoms with van der Waals surface area (Å²) >= 11 is 0. The lowest BCUT2D eigenvalue weighted by atomic mass is 10.0. The highest BCUT2D eigenvalue weighted by Gasteiger charge is 2.18. The number of hydrogen-bond donors (Lipinski definition) is 1. The zero-order chi connectivity index (χ0) is 15.8. The fraction of sp³-hybridized carbons (Fsp3) is 0.562. The van der Waals surface area contributed by atoms with Gasteiger partial charge >= 0.3 is 5.97 Å². The maximum Gasteiger partial charge on any atom is 0.304 e. The standard InChI is InChI=1S/C16H26N2O3/c1-5-18(11-10-16(19)20)12-15(17(2)3)13-6-8-14(21-4)9-7-13/h6-9,15H,5,10-12H2,1-4H3,(H,19,20). The summed E-state index contributed by atoms with van der Waals surface area (Å²) in [5, 5.41) is 8.82. The van der Waals surface area contributed by atoms with E-state index in [2.05, 4.69) is 28.9 Å². The van der Waals surface area contributed by atoms with E-state index < -0.39 is 5.97 Å². The Morgan fingerprint density at radius 3 is 2.33 bits per heavy atom. The molecule has 1 unspecified atom stereocenters. The van der Waals surface area contributed by atoms with Crippen molar-refractivity contribution >= 4 is 5.97 Å². The molecule has 1 atom stereocenters. The van der Waals surface area contributed by atoms with E-state index in [1.807, 2.05) is 26.2 Å². The van der Waals surface area contributed by atoms with Crippen LogP contribution in [0.4, 0.5) is 0 Å². The van der Waals surface area contributed by atoms with Crippen molar-refractivity contribution in [1.82, 2.24) is 9.80 Å². The topological polar surface area (TPSA) is 53.0 Å². The van der Waals surface area contributed by atoms with Crippen molar-refractivity contribution in [3.05, 3.63) is 29.8 Å². The van der Waals surface area contributed by atoms with Gasteiger partial charge in [0.25, 0.3) is 0 Å². The van der Waals surface area contributed by atoms with Gasteiger partial charge in [-0.15, -0.1) is 0 Å². The van der Waals surface area contributed by atoms with Crippen molar-refractivity contribution in [3.63, 3.8) is 0 Å². The molecule has 0 fully saturated rings. The van der Waals surface area contributed by atoms with Gasteiger partial charge < -0.3 is 19.6 Å². The SMILES string of the molecule is CCN(CCC(=O)O)CC(c1ccc(OC)cc1)N(C)C. The van der Waals surface area contributed by atoms with Crippen LogP contribution in [0.5, 0.6) is 5.75 Å². The lowest BCUT2D eigenvalue weighted by Gasteiger charge is -2.31. The molecular weight excluding hydrogens is 268 g/mol. The largest absolute Gasteiger partial charge is 0.497 e. The third-order valence-corrected chi connectivity index (χ3v) is 3.64. The Labute approximate surface area is 127 Å². The van der Waals surface area contributed by atoms with E-state index in [0.717, 1.165) is 18.8 Å². The van der Waals surface area contributed by atoms with Crippen LogP contribution < -0.4 is 4.74 Å². The third kappa shape index (κ3) is 5.73. The quantitative estimate of drug-likeness (QED) is 0.756. The maximum atomic E-state index is 10.7. The van der Waals surface area contributed by atoms with E-state index in [1.165, 1.54) is 5.56 Å². The number of ether oxygens (including phenoxy) is 1. The van der Waals surface area contributed by atoms with Crippen LogP contribution in [0, 0.1) is 0 Å². The number of hydrogen-bond acceptors (Lipinski definition) is 4. The third-order valence-electron chi connectivity index (χ3n) is 3.64. The van der Waals surface area contributed by atoms with Crippen LogP contribution in [0.2, 0.25) is 0 Å². The van der Waals surface area contributed by atoms with Crippen LogP contribution >= 0.6 is 0 Å². The Balaban J connectivity index is 2.77. The molecule has 1 N–H and O–H groups in total. The van der Waals surface area contributed by atoms with E-state index in [0.29, 0.717) is 6.54 Å². The van der Waals surface area contributed by atoms with Gasteiger partial charge in [-0.3, -0.25) is 4.79 Å². The zero-order valence-corrected chi connectivity index (χ0v) is 13.4. The molecule has 0 saturated carbocycles. The molecule has 5 nitrogen and oxygen atoms in total. The van der Waals surface area contributed by atoms with E-state index in [4.69, 9.17) is 9.84 Å². The highest BCUT2D eigenvalue weighted by molar-refractivity contribution is 5.66. The first-order chi connectivity index (χ1) is 9.97. The fourth-order valence-electron chi connectivity index (χ4n) is 2.27. The predicted octanol–water partition coefficient (Wildman–Crippen LogP) is 2.09. The Hall–Kier alpha value is -1.59. The van der Waals surface area contributed by atoms with Crippen LogP contribution in [0.25, 0.3) is 0 Å². The molecule has 0 bridgehead atoms. The second-order valence-electron chi connectivity index (χ2n) is 5.29. The van der Waals surface area contributed by atoms with E-state index >= 15 is 0 Å². The van der Waals surface area contributed by atoms with Gasteiger partial charge in [0, 0.05) is 19.1 Å². The van der Waals surface area contributed by atoms with Crippen LogP contribution in [0.15, 0.2) is 24.3 Å². The molecule has 0 aromatic heterocycles. The normalized spacial score (nSPS) is 12.7. The summed E-state index contributed by atoms with van der Waals surface area (Å²) in [6.45, 7) is 4.28. The molecule has 1 aromatic rings. The van der Waals surface area contributed by atoms with Crippen molar-refractivity contribution < 1.29 is 14.6 Å². The summed E-state index contributed by atoms with van der Waals surface area (Å²) in [6, 6.07) is 8.27. The first-order valence-corrected chi connectivity index (χ1v) is 7.22. The Kier molecular flexibility index (Phi) is 7.19. The molecule has 21 heavy (non-hydrogen) atoms. The van der Waals surface area contributed by atoms with Gasteiger partial charge in [0.15, 0.2) is 0 Å². The molecule has 0 amide bonds. The van der Waals surface area contributed by atoms with Gasteiger partial charge in [0.1, 0.15) is 5.75 Å². The van der Waals surface area contributed by atoms with Crippen LogP contribution in [0.1, 0.15) is 24.9 Å². The van der Waals surface area contributed by atoms with Gasteiger partial charge in [-0.25, -0.2) is 0 Å². The average molecular weight is 294 g/mol. The minimum atomic E-state index is -0.751. The average Bonchev–Trinajstić information content (AvgIpc) is 2.47. The Morgan fingerprint density at radius 2 is 1.90 bits per heavy atom. The van der Waals surface area contributed by atoms with E-state index in [9.17, 15) is 4.79 Å². The fourth-order valence-corrected chi connectivity index (χ4v) is 2.27. The van der Waals surface area contributed by atoms with Crippen LogP contribution in [-0.4, -0.2) is 61.7 Å². The lowest BCUT2D eigenvalue weighted by molar-refractivity contribution is -0.137. The highest BCUT2D eigenvalue weighted by Crippen LogP contribution is 2.22. The predicted molar refractivity (Wildman–Crippen MR) is 83.8 cm³/mol. The lowest BCUT2D eigenvalue weighted by Crippen LogP contribution is -2.36. The van der Waals surface area contributed by atoms with E-state index in [1.54, 1.807) is 7.11 Å². The molecule has 118 valence electrons. The number of rotatable bonds is 9. The number of methoxy groups -OCH3 is 1. The van der Waals surface area contributed by atoms with Crippen LogP contribution in [0.3, 0.4) is 0 Å². The summed E-state index contributed by atoms with van der Waals surface area (Å²) in [6.07, 6.45) is 0.177. The zero-order valence-electron chi connectivity index (χ0n) is 13.4. The van der Waals surface area contributed by atoms with Gasteiger partial charge in [0.2, 0.25) is 0 Å². The number of likely N-dealkylation sites (N-methyl/N-ethyl adjacent to an activating group) is 2. The molecule has 0 heterocycles. The van der Waals surface area contributed by atoms with Crippen molar-refractivity contribution in [3.8, 4) is 5.75 Å². The summed E-state index contributed by atoms with van der Waals surface area (Å²) in [7, 11) is 5.74. The highest BCUT2D eigenvalue weighted by atomic mass is 16.5. The Morgan fingerprint density at radius 1 is 1.29 bits per heavy atom. The molecule has 0 saturated heterocycles. The Bertz CT molecular complexity index is 432. The van der Waals surface area contributed by atoms with Crippen molar-refractivity contribution in [1.29, 1.82) is 0 Å². The molecular formula is C16H26N2O3. The number of carboxylic acid groups (broad SMARTS) is 1. The summed E-state index contributed by atoms with van der Waals surface area (Å²) < 4.78 is 5.19. The summed E-state index contributed by atoms with van der Waals surface area (Å²) in [4.78, 5) is 15.1. The molecule has 0 aliphatic rings. The molecule has 0 spiro atoms. The van der Waals surface area contributed by atoms with Gasteiger partial charge in [0.05, 0.1) is 13.5 Å². The maximum absolute atomic E-state index is 10.7. The van der Waals surface area contributed by atoms with Gasteiger partial charge in [-0.2, -0.15) is 0 Å². The second-order valence-corrected chi connectivity index (χ2v) is 5.29. The first-order valence-electron chi connectivity index (χ1n) is 7.22. The number of benzene rings is 1. The van der Waals surface area contributed by atoms with Crippen molar-refractivity contribution in [2.75, 3.05) is 40.8 Å². The smallest absolute Gasteiger partial charge is 0.304 e. The molecule has 0 aliphatic heterocycles. The first kappa shape index (κ1) is 17.5. The number of carboxylic acids is 1. The molecule has 0 radical (unpaired) electrons. The van der Waals surface area contributed by atoms with Crippen molar-refractivity contribution in [2.45, 2.75) is 19.4 Å². The van der Waals surface area contributed by atoms with Crippen LogP contribution in [-0.2, 0) is 4.79 Å². The number of nitrogens with zero attached hydrogens (tertiary/aromatic N) is 2. The number of aliphatic carboxylic acids is 1. The summed E-state index contributed by atoms with van der Waals surface area (Å²) in [5.74, 6) is 0.0915. The van der Waals surface area contributed by atoms with E-state index in [-0.39, 0.29) is 12.5 Å². The molecule has 5 heteroatoms. The molecule has 1 rings (SSSR count).